The Morgan fingerprint density at radius 3 is 3.13 bits per heavy atom. The van der Waals surface area contributed by atoms with Gasteiger partial charge in [-0.2, -0.15) is 0 Å². The van der Waals surface area contributed by atoms with Gasteiger partial charge in [-0.15, -0.1) is 0 Å². The number of carbonyl (C=O) groups is 1. The van der Waals surface area contributed by atoms with Gasteiger partial charge in [-0.1, -0.05) is 12.1 Å². The van der Waals surface area contributed by atoms with Crippen molar-refractivity contribution in [2.45, 2.75) is 18.9 Å². The average molecular weight is 317 g/mol. The Labute approximate surface area is 134 Å². The van der Waals surface area contributed by atoms with Crippen molar-refractivity contribution in [2.24, 2.45) is 13.0 Å². The van der Waals surface area contributed by atoms with Gasteiger partial charge in [-0.3, -0.25) is 4.79 Å². The predicted molar refractivity (Wildman–Crippen MR) is 83.1 cm³/mol. The number of imidazole rings is 1. The van der Waals surface area contributed by atoms with E-state index in [-0.39, 0.29) is 23.7 Å². The number of hydrogen-bond donors (Lipinski definition) is 1. The highest BCUT2D eigenvalue weighted by Crippen LogP contribution is 2.33. The Bertz CT molecular complexity index is 686. The minimum absolute atomic E-state index is 0.0353. The van der Waals surface area contributed by atoms with Crippen molar-refractivity contribution >= 4 is 5.91 Å². The smallest absolute Gasteiger partial charge is 0.226 e. The largest absolute Gasteiger partial charge is 0.369 e. The molecule has 1 amide bonds. The Morgan fingerprint density at radius 2 is 2.39 bits per heavy atom. The minimum Gasteiger partial charge on any atom is -0.369 e. The highest BCUT2D eigenvalue weighted by Gasteiger charge is 2.37. The van der Waals surface area contributed by atoms with Crippen molar-refractivity contribution < 1.29 is 13.9 Å². The van der Waals surface area contributed by atoms with Crippen LogP contribution in [-0.4, -0.2) is 28.6 Å². The summed E-state index contributed by atoms with van der Waals surface area (Å²) in [4.78, 5) is 16.7. The van der Waals surface area contributed by atoms with Crippen LogP contribution in [0.25, 0.3) is 0 Å². The number of benzene rings is 1. The summed E-state index contributed by atoms with van der Waals surface area (Å²) in [7, 11) is 1.89. The summed E-state index contributed by atoms with van der Waals surface area (Å²) in [6.07, 6.45) is 4.53. The molecule has 3 rings (SSSR count). The molecular weight excluding hydrogens is 297 g/mol. The second-order valence-electron chi connectivity index (χ2n) is 5.75. The average Bonchev–Trinajstić information content (AvgIpc) is 3.15. The third kappa shape index (κ3) is 3.59. The molecule has 2 atom stereocenters. The first-order valence-electron chi connectivity index (χ1n) is 7.76. The van der Waals surface area contributed by atoms with Gasteiger partial charge in [0.2, 0.25) is 5.91 Å². The Balaban J connectivity index is 1.56. The Kier molecular flexibility index (Phi) is 4.71. The molecule has 1 saturated heterocycles. The van der Waals surface area contributed by atoms with E-state index >= 15 is 0 Å². The number of hydrogen-bond acceptors (Lipinski definition) is 3. The first-order chi connectivity index (χ1) is 11.1. The lowest BCUT2D eigenvalue weighted by Gasteiger charge is -2.18. The maximum atomic E-state index is 13.1. The number of aromatic nitrogens is 2. The summed E-state index contributed by atoms with van der Waals surface area (Å²) in [6.45, 7) is 1.03. The van der Waals surface area contributed by atoms with Gasteiger partial charge < -0.3 is 14.6 Å². The van der Waals surface area contributed by atoms with E-state index in [2.05, 4.69) is 10.3 Å². The van der Waals surface area contributed by atoms with Crippen LogP contribution in [0.4, 0.5) is 4.39 Å². The minimum atomic E-state index is -0.302. The lowest BCUT2D eigenvalue weighted by Crippen LogP contribution is -2.34. The topological polar surface area (TPSA) is 56.2 Å². The van der Waals surface area contributed by atoms with E-state index in [9.17, 15) is 9.18 Å². The fourth-order valence-electron chi connectivity index (χ4n) is 2.92. The van der Waals surface area contributed by atoms with Gasteiger partial charge >= 0.3 is 0 Å². The molecule has 1 aliphatic rings. The van der Waals surface area contributed by atoms with Gasteiger partial charge in [0.25, 0.3) is 0 Å². The van der Waals surface area contributed by atoms with Gasteiger partial charge in [0.15, 0.2) is 0 Å². The summed E-state index contributed by atoms with van der Waals surface area (Å²) < 4.78 is 20.7. The molecule has 6 heteroatoms. The quantitative estimate of drug-likeness (QED) is 0.917. The summed E-state index contributed by atoms with van der Waals surface area (Å²) in [5.41, 5.74) is 0.869. The standard InChI is InChI=1S/C17H20FN3O2/c1-21-9-8-19-16(21)15-14(6-10-23-15)17(22)20-7-5-12-3-2-4-13(18)11-12/h2-4,8-9,11,14-15H,5-7,10H2,1H3,(H,20,22)/t14-,15-/m1/s1. The number of carbonyl (C=O) groups excluding carboxylic acids is 1. The number of rotatable bonds is 5. The van der Waals surface area contributed by atoms with Crippen LogP contribution in [0.1, 0.15) is 23.9 Å². The van der Waals surface area contributed by atoms with E-state index in [0.29, 0.717) is 26.0 Å². The highest BCUT2D eigenvalue weighted by molar-refractivity contribution is 5.79. The first kappa shape index (κ1) is 15.7. The summed E-state index contributed by atoms with van der Waals surface area (Å²) in [5, 5.41) is 2.93. The van der Waals surface area contributed by atoms with Gasteiger partial charge in [-0.05, 0) is 30.5 Å². The fourth-order valence-corrected chi connectivity index (χ4v) is 2.92. The van der Waals surface area contributed by atoms with Crippen molar-refractivity contribution in [2.75, 3.05) is 13.2 Å². The molecule has 2 heterocycles. The zero-order chi connectivity index (χ0) is 16.2. The van der Waals surface area contributed by atoms with E-state index in [1.165, 1.54) is 12.1 Å². The molecule has 0 radical (unpaired) electrons. The molecule has 1 aliphatic heterocycles. The number of ether oxygens (including phenoxy) is 1. The van der Waals surface area contributed by atoms with Gasteiger partial charge in [0.05, 0.1) is 5.92 Å². The molecule has 1 aromatic heterocycles. The van der Waals surface area contributed by atoms with E-state index < -0.39 is 0 Å². The van der Waals surface area contributed by atoms with Crippen LogP contribution in [-0.2, 0) is 23.0 Å². The molecule has 0 spiro atoms. The van der Waals surface area contributed by atoms with Gasteiger partial charge in [0.1, 0.15) is 17.7 Å². The van der Waals surface area contributed by atoms with Crippen molar-refractivity contribution in [3.8, 4) is 0 Å². The normalized spacial score (nSPS) is 20.6. The van der Waals surface area contributed by atoms with Crippen LogP contribution in [0.2, 0.25) is 0 Å². The molecule has 0 saturated carbocycles. The monoisotopic (exact) mass is 317 g/mol. The predicted octanol–water partition coefficient (Wildman–Crippen LogP) is 2.00. The molecule has 1 N–H and O–H groups in total. The van der Waals surface area contributed by atoms with Crippen molar-refractivity contribution in [3.05, 3.63) is 53.9 Å². The van der Waals surface area contributed by atoms with Crippen LogP contribution in [0.5, 0.6) is 0 Å². The molecular formula is C17H20FN3O2. The molecule has 0 unspecified atom stereocenters. The SMILES string of the molecule is Cn1ccnc1[C@@H]1OCC[C@H]1C(=O)NCCc1cccc(F)c1. The molecule has 1 fully saturated rings. The van der Waals surface area contributed by atoms with E-state index in [0.717, 1.165) is 11.4 Å². The maximum absolute atomic E-state index is 13.1. The molecule has 0 bridgehead atoms. The zero-order valence-corrected chi connectivity index (χ0v) is 13.0. The van der Waals surface area contributed by atoms with Crippen molar-refractivity contribution in [1.29, 1.82) is 0 Å². The number of nitrogens with one attached hydrogen (secondary N) is 1. The summed E-state index contributed by atoms with van der Waals surface area (Å²) in [6, 6.07) is 6.43. The molecule has 0 aliphatic carbocycles. The van der Waals surface area contributed by atoms with Crippen LogP contribution >= 0.6 is 0 Å². The third-order valence-corrected chi connectivity index (χ3v) is 4.14. The number of nitrogens with zero attached hydrogens (tertiary/aromatic N) is 2. The van der Waals surface area contributed by atoms with Crippen molar-refractivity contribution in [1.82, 2.24) is 14.9 Å². The third-order valence-electron chi connectivity index (χ3n) is 4.14. The first-order valence-corrected chi connectivity index (χ1v) is 7.76. The molecule has 2 aromatic rings. The fraction of sp³-hybridized carbons (Fsp3) is 0.412. The number of aryl methyl sites for hydroxylation is 1. The summed E-state index contributed by atoms with van der Waals surface area (Å²) >= 11 is 0. The van der Waals surface area contributed by atoms with Crippen LogP contribution in [0.3, 0.4) is 0 Å². The van der Waals surface area contributed by atoms with Crippen LogP contribution < -0.4 is 5.32 Å². The lowest BCUT2D eigenvalue weighted by molar-refractivity contribution is -0.126. The Hall–Kier alpha value is -2.21. The number of halogens is 1. The van der Waals surface area contributed by atoms with E-state index in [1.54, 1.807) is 12.3 Å². The van der Waals surface area contributed by atoms with Gasteiger partial charge in [0, 0.05) is 32.6 Å². The lowest BCUT2D eigenvalue weighted by atomic mass is 9.99. The Morgan fingerprint density at radius 1 is 1.52 bits per heavy atom. The maximum Gasteiger partial charge on any atom is 0.226 e. The van der Waals surface area contributed by atoms with Crippen LogP contribution in [0, 0.1) is 11.7 Å². The summed E-state index contributed by atoms with van der Waals surface area (Å²) in [5.74, 6) is 0.246. The molecule has 122 valence electrons. The zero-order valence-electron chi connectivity index (χ0n) is 13.0. The highest BCUT2D eigenvalue weighted by atomic mass is 19.1. The second-order valence-corrected chi connectivity index (χ2v) is 5.75. The molecule has 1 aromatic carbocycles. The second kappa shape index (κ2) is 6.91. The molecule has 23 heavy (non-hydrogen) atoms. The van der Waals surface area contributed by atoms with Crippen molar-refractivity contribution in [3.63, 3.8) is 0 Å². The van der Waals surface area contributed by atoms with Crippen LogP contribution in [0.15, 0.2) is 36.7 Å². The van der Waals surface area contributed by atoms with E-state index in [4.69, 9.17) is 4.74 Å². The van der Waals surface area contributed by atoms with Gasteiger partial charge in [-0.25, -0.2) is 9.37 Å². The molecule has 5 nitrogen and oxygen atoms in total. The number of amides is 1. The van der Waals surface area contributed by atoms with E-state index in [1.807, 2.05) is 23.9 Å².